The molecule has 3 aromatic rings. The minimum Gasteiger partial charge on any atom is -0.340 e. The van der Waals surface area contributed by atoms with E-state index in [1.165, 1.54) is 18.3 Å². The third-order valence-corrected chi connectivity index (χ3v) is 3.96. The molecule has 0 saturated heterocycles. The van der Waals surface area contributed by atoms with Crippen LogP contribution >= 0.6 is 11.6 Å². The van der Waals surface area contributed by atoms with E-state index in [4.69, 9.17) is 11.6 Å². The molecule has 0 aliphatic heterocycles. The molecule has 1 N–H and O–H groups in total. The molecule has 0 bridgehead atoms. The highest BCUT2D eigenvalue weighted by atomic mass is 35.5. The lowest BCUT2D eigenvalue weighted by Gasteiger charge is -2.18. The van der Waals surface area contributed by atoms with E-state index >= 15 is 0 Å². The van der Waals surface area contributed by atoms with Crippen molar-refractivity contribution in [3.8, 4) is 0 Å². The topological polar surface area (TPSA) is 41.1 Å². The summed E-state index contributed by atoms with van der Waals surface area (Å²) in [6, 6.07) is 14.7. The third-order valence-electron chi connectivity index (χ3n) is 3.63. The van der Waals surface area contributed by atoms with Crippen molar-refractivity contribution in [3.05, 3.63) is 71.4 Å². The molecule has 8 heteroatoms. The SMILES string of the molecule is CN(c1ccccc1)c1nccc(Nc2ccc(Cl)c(C(F)(F)F)c2)n1. The number of nitrogens with zero attached hydrogens (tertiary/aromatic N) is 3. The second-order valence-electron chi connectivity index (χ2n) is 5.45. The molecule has 134 valence electrons. The number of hydrogen-bond donors (Lipinski definition) is 1. The zero-order valence-corrected chi connectivity index (χ0v) is 14.4. The van der Waals surface area contributed by atoms with Crippen molar-refractivity contribution in [1.29, 1.82) is 0 Å². The van der Waals surface area contributed by atoms with Gasteiger partial charge in [-0.25, -0.2) is 4.98 Å². The Balaban J connectivity index is 1.86. The van der Waals surface area contributed by atoms with E-state index in [0.29, 0.717) is 11.8 Å². The van der Waals surface area contributed by atoms with Gasteiger partial charge >= 0.3 is 6.18 Å². The normalized spacial score (nSPS) is 11.3. The summed E-state index contributed by atoms with van der Waals surface area (Å²) in [5.74, 6) is 0.777. The summed E-state index contributed by atoms with van der Waals surface area (Å²) < 4.78 is 38.9. The zero-order valence-electron chi connectivity index (χ0n) is 13.6. The van der Waals surface area contributed by atoms with Crippen molar-refractivity contribution in [1.82, 2.24) is 9.97 Å². The highest BCUT2D eigenvalue weighted by Gasteiger charge is 2.33. The fourth-order valence-corrected chi connectivity index (χ4v) is 2.54. The van der Waals surface area contributed by atoms with E-state index in [-0.39, 0.29) is 10.7 Å². The fraction of sp³-hybridized carbons (Fsp3) is 0.111. The van der Waals surface area contributed by atoms with Crippen molar-refractivity contribution in [3.63, 3.8) is 0 Å². The molecule has 1 heterocycles. The van der Waals surface area contributed by atoms with Crippen LogP contribution < -0.4 is 10.2 Å². The van der Waals surface area contributed by atoms with Crippen molar-refractivity contribution in [2.45, 2.75) is 6.18 Å². The van der Waals surface area contributed by atoms with E-state index in [1.807, 2.05) is 30.3 Å². The third kappa shape index (κ3) is 4.05. The molecule has 0 aliphatic carbocycles. The maximum Gasteiger partial charge on any atom is 0.417 e. The Hall–Kier alpha value is -2.80. The first-order chi connectivity index (χ1) is 12.3. The Kier molecular flexibility index (Phi) is 4.99. The van der Waals surface area contributed by atoms with Crippen LogP contribution in [-0.4, -0.2) is 17.0 Å². The number of aromatic nitrogens is 2. The number of nitrogens with one attached hydrogen (secondary N) is 1. The molecule has 0 saturated carbocycles. The highest BCUT2D eigenvalue weighted by molar-refractivity contribution is 6.31. The number of anilines is 4. The van der Waals surface area contributed by atoms with E-state index in [2.05, 4.69) is 15.3 Å². The van der Waals surface area contributed by atoms with Gasteiger partial charge in [-0.15, -0.1) is 0 Å². The van der Waals surface area contributed by atoms with Gasteiger partial charge in [0.05, 0.1) is 10.6 Å². The maximum atomic E-state index is 13.0. The Labute approximate surface area is 153 Å². The molecular formula is C18H14ClF3N4. The molecule has 0 aliphatic rings. The minimum atomic E-state index is -4.53. The van der Waals surface area contributed by atoms with Gasteiger partial charge in [0.2, 0.25) is 5.95 Å². The van der Waals surface area contributed by atoms with Gasteiger partial charge in [0.25, 0.3) is 0 Å². The van der Waals surface area contributed by atoms with Crippen molar-refractivity contribution < 1.29 is 13.2 Å². The Morgan fingerprint density at radius 1 is 1.04 bits per heavy atom. The van der Waals surface area contributed by atoms with Crippen molar-refractivity contribution in [2.75, 3.05) is 17.3 Å². The maximum absolute atomic E-state index is 13.0. The first-order valence-corrected chi connectivity index (χ1v) is 7.98. The molecule has 0 amide bonds. The molecule has 0 unspecified atom stereocenters. The second-order valence-corrected chi connectivity index (χ2v) is 5.86. The van der Waals surface area contributed by atoms with Crippen LogP contribution in [0.2, 0.25) is 5.02 Å². The molecule has 2 aromatic carbocycles. The van der Waals surface area contributed by atoms with Crippen LogP contribution in [0.15, 0.2) is 60.8 Å². The molecule has 0 atom stereocenters. The summed E-state index contributed by atoms with van der Waals surface area (Å²) in [4.78, 5) is 10.3. The van der Waals surface area contributed by atoms with Gasteiger partial charge in [-0.05, 0) is 36.4 Å². The summed E-state index contributed by atoms with van der Waals surface area (Å²) in [5.41, 5.74) is 0.212. The molecule has 1 aromatic heterocycles. The number of para-hydroxylation sites is 1. The lowest BCUT2D eigenvalue weighted by atomic mass is 10.2. The quantitative estimate of drug-likeness (QED) is 0.636. The number of benzene rings is 2. The Morgan fingerprint density at radius 2 is 1.77 bits per heavy atom. The molecule has 0 fully saturated rings. The van der Waals surface area contributed by atoms with Gasteiger partial charge in [-0.2, -0.15) is 18.2 Å². The second kappa shape index (κ2) is 7.21. The molecule has 0 radical (unpaired) electrons. The predicted molar refractivity (Wildman–Crippen MR) is 96.3 cm³/mol. The van der Waals surface area contributed by atoms with Gasteiger partial charge in [0.1, 0.15) is 5.82 Å². The van der Waals surface area contributed by atoms with E-state index in [9.17, 15) is 13.2 Å². The number of rotatable bonds is 4. The van der Waals surface area contributed by atoms with Crippen molar-refractivity contribution in [2.24, 2.45) is 0 Å². The van der Waals surface area contributed by atoms with Gasteiger partial charge in [-0.3, -0.25) is 0 Å². The van der Waals surface area contributed by atoms with E-state index in [1.54, 1.807) is 18.0 Å². The van der Waals surface area contributed by atoms with Crippen LogP contribution in [0.1, 0.15) is 5.56 Å². The first kappa shape index (κ1) is 18.0. The zero-order chi connectivity index (χ0) is 18.7. The smallest absolute Gasteiger partial charge is 0.340 e. The average molecular weight is 379 g/mol. The molecule has 4 nitrogen and oxygen atoms in total. The minimum absolute atomic E-state index is 0.230. The molecule has 0 spiro atoms. The fourth-order valence-electron chi connectivity index (χ4n) is 2.31. The first-order valence-electron chi connectivity index (χ1n) is 7.60. The number of hydrogen-bond acceptors (Lipinski definition) is 4. The van der Waals surface area contributed by atoms with E-state index in [0.717, 1.165) is 11.8 Å². The van der Waals surface area contributed by atoms with Crippen LogP contribution in [0.3, 0.4) is 0 Å². The number of halogens is 4. The summed E-state index contributed by atoms with van der Waals surface area (Å²) in [6.07, 6.45) is -3.00. The molecule has 3 rings (SSSR count). The van der Waals surface area contributed by atoms with Gasteiger partial charge in [0.15, 0.2) is 0 Å². The van der Waals surface area contributed by atoms with Gasteiger partial charge < -0.3 is 10.2 Å². The summed E-state index contributed by atoms with van der Waals surface area (Å²) in [7, 11) is 1.80. The monoisotopic (exact) mass is 378 g/mol. The Bertz CT molecular complexity index is 900. The Morgan fingerprint density at radius 3 is 2.46 bits per heavy atom. The molecular weight excluding hydrogens is 365 g/mol. The lowest BCUT2D eigenvalue weighted by molar-refractivity contribution is -0.137. The highest BCUT2D eigenvalue weighted by Crippen LogP contribution is 2.36. The largest absolute Gasteiger partial charge is 0.417 e. The van der Waals surface area contributed by atoms with Crippen LogP contribution in [0.25, 0.3) is 0 Å². The van der Waals surface area contributed by atoms with Gasteiger partial charge in [-0.1, -0.05) is 29.8 Å². The van der Waals surface area contributed by atoms with Crippen LogP contribution in [-0.2, 0) is 6.18 Å². The summed E-state index contributed by atoms with van der Waals surface area (Å²) in [6.45, 7) is 0. The van der Waals surface area contributed by atoms with Crippen molar-refractivity contribution >= 4 is 34.7 Å². The molecule has 26 heavy (non-hydrogen) atoms. The van der Waals surface area contributed by atoms with E-state index < -0.39 is 11.7 Å². The lowest BCUT2D eigenvalue weighted by Crippen LogP contribution is -2.13. The summed E-state index contributed by atoms with van der Waals surface area (Å²) >= 11 is 5.64. The average Bonchev–Trinajstić information content (AvgIpc) is 2.63. The van der Waals surface area contributed by atoms with Gasteiger partial charge in [0, 0.05) is 24.6 Å². The van der Waals surface area contributed by atoms with Crippen LogP contribution in [0.4, 0.5) is 36.3 Å². The summed E-state index contributed by atoms with van der Waals surface area (Å²) in [5, 5.41) is 2.50. The standard InChI is InChI=1S/C18H14ClF3N4/c1-26(13-5-3-2-4-6-13)17-23-10-9-16(25-17)24-12-7-8-15(19)14(11-12)18(20,21)22/h2-11H,1H3,(H,23,24,25). The number of alkyl halides is 3. The van der Waals surface area contributed by atoms with Crippen LogP contribution in [0.5, 0.6) is 0 Å². The predicted octanol–water partition coefficient (Wildman–Crippen LogP) is 5.66. The van der Waals surface area contributed by atoms with Crippen LogP contribution in [0, 0.1) is 0 Å².